The average molecular weight is 262 g/mol. The lowest BCUT2D eigenvalue weighted by molar-refractivity contribution is 0.0471. The minimum atomic E-state index is -0.320. The van der Waals surface area contributed by atoms with Gasteiger partial charge in [-0.3, -0.25) is 4.90 Å². The zero-order chi connectivity index (χ0) is 13.8. The molecular weight excluding hydrogens is 243 g/mol. The zero-order valence-electron chi connectivity index (χ0n) is 11.1. The highest BCUT2D eigenvalue weighted by Gasteiger charge is 2.28. The molecule has 1 aliphatic heterocycles. The maximum atomic E-state index is 13.3. The molecule has 2 atom stereocenters. The molecule has 1 aliphatic rings. The molecule has 0 aromatic heterocycles. The molecule has 0 radical (unpaired) electrons. The summed E-state index contributed by atoms with van der Waals surface area (Å²) in [4.78, 5) is 2.16. The van der Waals surface area contributed by atoms with Crippen molar-refractivity contribution in [3.8, 4) is 6.07 Å². The molecule has 3 nitrogen and oxygen atoms in total. The van der Waals surface area contributed by atoms with Crippen molar-refractivity contribution < 1.29 is 9.50 Å². The number of piperidine rings is 1. The molecule has 0 bridgehead atoms. The second-order valence-electron chi connectivity index (χ2n) is 5.25. The first-order valence-electron chi connectivity index (χ1n) is 6.69. The number of hydrogen-bond donors (Lipinski definition) is 1. The van der Waals surface area contributed by atoms with E-state index in [-0.39, 0.29) is 18.5 Å². The normalized spacial score (nSPS) is 24.1. The van der Waals surface area contributed by atoms with Crippen molar-refractivity contribution in [3.05, 3.63) is 35.1 Å². The van der Waals surface area contributed by atoms with Gasteiger partial charge < -0.3 is 5.11 Å². The predicted molar refractivity (Wildman–Crippen MR) is 70.8 cm³/mol. The van der Waals surface area contributed by atoms with Crippen LogP contribution in [0.25, 0.3) is 0 Å². The van der Waals surface area contributed by atoms with Crippen LogP contribution in [0.15, 0.2) is 18.2 Å². The third-order valence-electron chi connectivity index (χ3n) is 3.98. The Morgan fingerprint density at radius 1 is 1.53 bits per heavy atom. The summed E-state index contributed by atoms with van der Waals surface area (Å²) in [6.45, 7) is 3.65. The number of benzene rings is 1. The van der Waals surface area contributed by atoms with Crippen LogP contribution in [0.1, 0.15) is 30.9 Å². The summed E-state index contributed by atoms with van der Waals surface area (Å²) in [5, 5.41) is 18.6. The number of hydrogen-bond acceptors (Lipinski definition) is 3. The number of rotatable bonds is 3. The van der Waals surface area contributed by atoms with E-state index in [0.29, 0.717) is 23.6 Å². The van der Waals surface area contributed by atoms with Crippen molar-refractivity contribution >= 4 is 0 Å². The van der Waals surface area contributed by atoms with Gasteiger partial charge in [0.15, 0.2) is 0 Å². The molecule has 0 amide bonds. The van der Waals surface area contributed by atoms with Gasteiger partial charge in [-0.25, -0.2) is 4.39 Å². The van der Waals surface area contributed by atoms with Gasteiger partial charge >= 0.3 is 0 Å². The summed E-state index contributed by atoms with van der Waals surface area (Å²) in [5.41, 5.74) is 1.21. The number of halogens is 1. The fourth-order valence-corrected chi connectivity index (χ4v) is 2.85. The number of nitriles is 1. The summed E-state index contributed by atoms with van der Waals surface area (Å²) in [5.74, 6) is 0.109. The van der Waals surface area contributed by atoms with Crippen molar-refractivity contribution in [2.75, 3.05) is 13.2 Å². The highest BCUT2D eigenvalue weighted by atomic mass is 19.1. The molecule has 1 aromatic carbocycles. The van der Waals surface area contributed by atoms with Gasteiger partial charge in [0.25, 0.3) is 0 Å². The molecule has 4 heteroatoms. The van der Waals surface area contributed by atoms with Crippen LogP contribution >= 0.6 is 0 Å². The summed E-state index contributed by atoms with van der Waals surface area (Å²) >= 11 is 0. The van der Waals surface area contributed by atoms with E-state index in [9.17, 15) is 9.50 Å². The fourth-order valence-electron chi connectivity index (χ4n) is 2.85. The van der Waals surface area contributed by atoms with Crippen molar-refractivity contribution in [2.24, 2.45) is 5.92 Å². The molecule has 2 rings (SSSR count). The molecule has 1 heterocycles. The van der Waals surface area contributed by atoms with Gasteiger partial charge in [0.1, 0.15) is 5.82 Å². The van der Waals surface area contributed by atoms with Crippen molar-refractivity contribution in [1.82, 2.24) is 4.90 Å². The average Bonchev–Trinajstić information content (AvgIpc) is 2.39. The van der Waals surface area contributed by atoms with Gasteiger partial charge in [-0.05, 0) is 49.1 Å². The van der Waals surface area contributed by atoms with Gasteiger partial charge in [-0.15, -0.1) is 0 Å². The third kappa shape index (κ3) is 3.12. The Bertz CT molecular complexity index is 484. The first-order valence-corrected chi connectivity index (χ1v) is 6.69. The lowest BCUT2D eigenvalue weighted by Gasteiger charge is -2.39. The maximum Gasteiger partial charge on any atom is 0.123 e. The minimum Gasteiger partial charge on any atom is -0.395 e. The van der Waals surface area contributed by atoms with Gasteiger partial charge in [0, 0.05) is 12.6 Å². The Labute approximate surface area is 113 Å². The van der Waals surface area contributed by atoms with Crippen LogP contribution in [-0.4, -0.2) is 29.2 Å². The third-order valence-corrected chi connectivity index (χ3v) is 3.98. The van der Waals surface area contributed by atoms with E-state index in [0.717, 1.165) is 19.4 Å². The Morgan fingerprint density at radius 2 is 2.32 bits per heavy atom. The van der Waals surface area contributed by atoms with Gasteiger partial charge in [-0.2, -0.15) is 5.26 Å². The Morgan fingerprint density at radius 3 is 3.00 bits per heavy atom. The molecule has 1 aromatic rings. The zero-order valence-corrected chi connectivity index (χ0v) is 11.1. The molecule has 0 saturated carbocycles. The quantitative estimate of drug-likeness (QED) is 0.909. The first-order chi connectivity index (χ1) is 9.15. The number of aliphatic hydroxyl groups excluding tert-OH is 1. The lowest BCUT2D eigenvalue weighted by Crippen LogP contribution is -2.46. The topological polar surface area (TPSA) is 47.3 Å². The van der Waals surface area contributed by atoms with E-state index in [4.69, 9.17) is 5.26 Å². The molecule has 19 heavy (non-hydrogen) atoms. The van der Waals surface area contributed by atoms with Crippen molar-refractivity contribution in [2.45, 2.75) is 32.4 Å². The summed E-state index contributed by atoms with van der Waals surface area (Å²) in [6, 6.07) is 6.45. The monoisotopic (exact) mass is 262 g/mol. The van der Waals surface area contributed by atoms with E-state index >= 15 is 0 Å². The van der Waals surface area contributed by atoms with E-state index in [1.165, 1.54) is 18.2 Å². The van der Waals surface area contributed by atoms with Crippen LogP contribution in [0.2, 0.25) is 0 Å². The van der Waals surface area contributed by atoms with Crippen LogP contribution in [0, 0.1) is 23.1 Å². The molecule has 1 N–H and O–H groups in total. The fraction of sp³-hybridized carbons (Fsp3) is 0.533. The summed E-state index contributed by atoms with van der Waals surface area (Å²) in [7, 11) is 0. The van der Waals surface area contributed by atoms with Gasteiger partial charge in [0.05, 0.1) is 18.2 Å². The lowest BCUT2D eigenvalue weighted by atomic mass is 9.90. The first kappa shape index (κ1) is 14.0. The maximum absolute atomic E-state index is 13.3. The highest BCUT2D eigenvalue weighted by molar-refractivity contribution is 5.37. The highest BCUT2D eigenvalue weighted by Crippen LogP contribution is 2.25. The largest absolute Gasteiger partial charge is 0.395 e. The molecule has 0 spiro atoms. The van der Waals surface area contributed by atoms with Crippen LogP contribution < -0.4 is 0 Å². The smallest absolute Gasteiger partial charge is 0.123 e. The second kappa shape index (κ2) is 6.14. The van der Waals surface area contributed by atoms with Crippen molar-refractivity contribution in [1.29, 1.82) is 5.26 Å². The predicted octanol–water partition coefficient (Wildman–Crippen LogP) is 2.29. The van der Waals surface area contributed by atoms with Crippen LogP contribution in [0.4, 0.5) is 4.39 Å². The Balaban J connectivity index is 2.20. The molecule has 0 aliphatic carbocycles. The van der Waals surface area contributed by atoms with E-state index in [1.54, 1.807) is 0 Å². The Hall–Kier alpha value is -1.44. The second-order valence-corrected chi connectivity index (χ2v) is 5.25. The molecule has 1 fully saturated rings. The molecular formula is C15H19FN2O. The molecule has 2 unspecified atom stereocenters. The van der Waals surface area contributed by atoms with Crippen LogP contribution in [0.3, 0.4) is 0 Å². The van der Waals surface area contributed by atoms with E-state index in [2.05, 4.69) is 17.9 Å². The standard InChI is InChI=1S/C15H19FN2O/c1-11-3-2-6-18(15(11)10-19)9-13-7-14(16)5-4-12(13)8-17/h4-5,7,11,15,19H,2-3,6,9-10H2,1H3. The van der Waals surface area contributed by atoms with Crippen LogP contribution in [-0.2, 0) is 6.54 Å². The number of aliphatic hydroxyl groups is 1. The Kier molecular flexibility index (Phi) is 4.52. The summed E-state index contributed by atoms with van der Waals surface area (Å²) < 4.78 is 13.3. The summed E-state index contributed by atoms with van der Waals surface area (Å²) in [6.07, 6.45) is 2.19. The SMILES string of the molecule is CC1CCCN(Cc2cc(F)ccc2C#N)C1CO. The molecule has 1 saturated heterocycles. The van der Waals surface area contributed by atoms with Gasteiger partial charge in [0.2, 0.25) is 0 Å². The van der Waals surface area contributed by atoms with E-state index < -0.39 is 0 Å². The number of likely N-dealkylation sites (tertiary alicyclic amines) is 1. The number of nitrogens with zero attached hydrogens (tertiary/aromatic N) is 2. The van der Waals surface area contributed by atoms with E-state index in [1.807, 2.05) is 0 Å². The van der Waals surface area contributed by atoms with Crippen molar-refractivity contribution in [3.63, 3.8) is 0 Å². The minimum absolute atomic E-state index is 0.101. The van der Waals surface area contributed by atoms with Crippen LogP contribution in [0.5, 0.6) is 0 Å². The van der Waals surface area contributed by atoms with Gasteiger partial charge in [-0.1, -0.05) is 6.92 Å². The molecule has 102 valence electrons.